The predicted molar refractivity (Wildman–Crippen MR) is 107 cm³/mol. The Kier molecular flexibility index (Phi) is 4.71. The quantitative estimate of drug-likeness (QED) is 0.501. The predicted octanol–water partition coefficient (Wildman–Crippen LogP) is 5.06. The van der Waals surface area contributed by atoms with Gasteiger partial charge < -0.3 is 9.47 Å². The van der Waals surface area contributed by atoms with E-state index >= 15 is 0 Å². The molecule has 2 bridgehead atoms. The van der Waals surface area contributed by atoms with E-state index in [2.05, 4.69) is 20.4 Å². The van der Waals surface area contributed by atoms with Crippen LogP contribution in [0.2, 0.25) is 0 Å². The minimum absolute atomic E-state index is 0.00989. The molecular formula is C24H36O4. The molecule has 0 aromatic carbocycles. The third kappa shape index (κ3) is 2.77. The van der Waals surface area contributed by atoms with Crippen molar-refractivity contribution in [3.63, 3.8) is 0 Å². The lowest BCUT2D eigenvalue weighted by Crippen LogP contribution is -2.61. The van der Waals surface area contributed by atoms with Crippen molar-refractivity contribution in [2.24, 2.45) is 34.0 Å². The molecule has 0 aromatic heterocycles. The Balaban J connectivity index is 1.69. The van der Waals surface area contributed by atoms with Crippen molar-refractivity contribution in [3.05, 3.63) is 12.2 Å². The highest BCUT2D eigenvalue weighted by atomic mass is 16.5. The van der Waals surface area contributed by atoms with Crippen LogP contribution < -0.4 is 0 Å². The van der Waals surface area contributed by atoms with Crippen LogP contribution >= 0.6 is 0 Å². The van der Waals surface area contributed by atoms with Crippen LogP contribution in [0, 0.1) is 34.0 Å². The van der Waals surface area contributed by atoms with Crippen molar-refractivity contribution in [2.45, 2.75) is 85.2 Å². The normalized spacial score (nSPS) is 47.1. The van der Waals surface area contributed by atoms with E-state index in [1.807, 2.05) is 0 Å². The van der Waals surface area contributed by atoms with Gasteiger partial charge in [0.1, 0.15) is 6.10 Å². The van der Waals surface area contributed by atoms with E-state index in [0.29, 0.717) is 24.4 Å². The largest absolute Gasteiger partial charge is 0.465 e. The summed E-state index contributed by atoms with van der Waals surface area (Å²) in [7, 11) is 0. The lowest BCUT2D eigenvalue weighted by Gasteiger charge is -2.65. The highest BCUT2D eigenvalue weighted by Crippen LogP contribution is 2.72. The molecule has 4 rings (SSSR count). The van der Waals surface area contributed by atoms with Crippen LogP contribution in [0.4, 0.5) is 0 Å². The molecule has 4 aliphatic rings. The van der Waals surface area contributed by atoms with Gasteiger partial charge in [-0.25, -0.2) is 0 Å². The van der Waals surface area contributed by atoms with Gasteiger partial charge in [-0.05, 0) is 62.2 Å². The molecule has 4 fully saturated rings. The molecule has 4 aliphatic carbocycles. The van der Waals surface area contributed by atoms with Crippen molar-refractivity contribution in [1.29, 1.82) is 0 Å². The van der Waals surface area contributed by atoms with E-state index in [0.717, 1.165) is 32.1 Å². The van der Waals surface area contributed by atoms with E-state index in [1.54, 1.807) is 6.92 Å². The lowest BCUT2D eigenvalue weighted by atomic mass is 9.40. The molecule has 0 aromatic rings. The van der Waals surface area contributed by atoms with Crippen molar-refractivity contribution in [1.82, 2.24) is 0 Å². The van der Waals surface area contributed by atoms with Crippen molar-refractivity contribution >= 4 is 11.9 Å². The molecule has 1 unspecified atom stereocenters. The summed E-state index contributed by atoms with van der Waals surface area (Å²) in [5.74, 6) is 1.11. The number of esters is 2. The molecule has 0 amide bonds. The third-order valence-electron chi connectivity index (χ3n) is 9.17. The maximum absolute atomic E-state index is 11.9. The molecule has 4 heteroatoms. The molecule has 0 saturated heterocycles. The van der Waals surface area contributed by atoms with Crippen LogP contribution in [0.1, 0.15) is 79.1 Å². The van der Waals surface area contributed by atoms with Crippen molar-refractivity contribution < 1.29 is 19.1 Å². The topological polar surface area (TPSA) is 52.6 Å². The number of carbonyl (C=O) groups is 2. The second kappa shape index (κ2) is 6.60. The molecule has 156 valence electrons. The second-order valence-electron chi connectivity index (χ2n) is 10.7. The average molecular weight is 389 g/mol. The molecule has 0 N–H and O–H groups in total. The van der Waals surface area contributed by atoms with Crippen LogP contribution in [0.25, 0.3) is 0 Å². The number of hydrogen-bond acceptors (Lipinski definition) is 4. The molecule has 4 nitrogen and oxygen atoms in total. The highest BCUT2D eigenvalue weighted by Gasteiger charge is 2.68. The summed E-state index contributed by atoms with van der Waals surface area (Å²) in [5.41, 5.74) is 1.62. The lowest BCUT2D eigenvalue weighted by molar-refractivity contribution is -0.207. The summed E-state index contributed by atoms with van der Waals surface area (Å²) in [6.45, 7) is 12.8. The number of hydrogen-bond donors (Lipinski definition) is 0. The Hall–Kier alpha value is -1.32. The van der Waals surface area contributed by atoms with Crippen LogP contribution in [0.5, 0.6) is 0 Å². The maximum Gasteiger partial charge on any atom is 0.302 e. The number of carbonyl (C=O) groups excluding carboxylic acids is 2. The molecule has 0 heterocycles. The minimum atomic E-state index is -0.177. The Labute approximate surface area is 169 Å². The van der Waals surface area contributed by atoms with Gasteiger partial charge in [0, 0.05) is 30.6 Å². The van der Waals surface area contributed by atoms with Crippen LogP contribution in [-0.2, 0) is 19.1 Å². The summed E-state index contributed by atoms with van der Waals surface area (Å²) >= 11 is 0. The number of fused-ring (bicyclic) bond motifs is 3. The van der Waals surface area contributed by atoms with Gasteiger partial charge in [0.05, 0.1) is 6.61 Å². The van der Waals surface area contributed by atoms with Crippen LogP contribution in [-0.4, -0.2) is 24.6 Å². The van der Waals surface area contributed by atoms with E-state index in [1.165, 1.54) is 31.8 Å². The average Bonchev–Trinajstić information content (AvgIpc) is 2.74. The minimum Gasteiger partial charge on any atom is -0.465 e. The Morgan fingerprint density at radius 1 is 1.04 bits per heavy atom. The Morgan fingerprint density at radius 3 is 2.46 bits per heavy atom. The molecule has 4 saturated carbocycles. The smallest absolute Gasteiger partial charge is 0.302 e. The molecule has 28 heavy (non-hydrogen) atoms. The van der Waals surface area contributed by atoms with Gasteiger partial charge in [-0.2, -0.15) is 0 Å². The fourth-order valence-electron chi connectivity index (χ4n) is 8.31. The van der Waals surface area contributed by atoms with Crippen molar-refractivity contribution in [3.8, 4) is 0 Å². The first-order valence-electron chi connectivity index (χ1n) is 11.1. The van der Waals surface area contributed by atoms with Crippen LogP contribution in [0.15, 0.2) is 12.2 Å². The zero-order valence-electron chi connectivity index (χ0n) is 18.0. The first-order valence-corrected chi connectivity index (χ1v) is 11.1. The van der Waals surface area contributed by atoms with Gasteiger partial charge in [0.25, 0.3) is 0 Å². The first-order chi connectivity index (χ1) is 13.1. The number of ether oxygens (including phenoxy) is 2. The molecule has 7 atom stereocenters. The third-order valence-corrected chi connectivity index (χ3v) is 9.17. The molecule has 0 radical (unpaired) electrons. The van der Waals surface area contributed by atoms with Crippen LogP contribution in [0.3, 0.4) is 0 Å². The highest BCUT2D eigenvalue weighted by molar-refractivity contribution is 5.66. The van der Waals surface area contributed by atoms with Gasteiger partial charge >= 0.3 is 11.9 Å². The fourth-order valence-corrected chi connectivity index (χ4v) is 8.31. The fraction of sp³-hybridized carbons (Fsp3) is 0.833. The summed E-state index contributed by atoms with van der Waals surface area (Å²) in [6, 6.07) is 0. The van der Waals surface area contributed by atoms with Gasteiger partial charge in [-0.15, -0.1) is 0 Å². The Morgan fingerprint density at radius 2 is 1.79 bits per heavy atom. The van der Waals surface area contributed by atoms with E-state index in [4.69, 9.17) is 9.47 Å². The zero-order valence-corrected chi connectivity index (χ0v) is 18.0. The standard InChI is InChI=1S/C24H36O4/c1-15-13-24-12-9-19-22(4,14-27-16(2)25)10-6-11-23(19,5)20(24)8-7-18(15)21(24)28-17(3)26/h18-21H,1,6-14H2,2-5H3/t18-,19+,20-,21?,22-,23+,24-/m0/s1. The monoisotopic (exact) mass is 388 g/mol. The summed E-state index contributed by atoms with van der Waals surface area (Å²) < 4.78 is 11.5. The van der Waals surface area contributed by atoms with E-state index < -0.39 is 0 Å². The summed E-state index contributed by atoms with van der Waals surface area (Å²) in [4.78, 5) is 23.4. The summed E-state index contributed by atoms with van der Waals surface area (Å²) in [6.07, 6.45) is 9.08. The first kappa shape index (κ1) is 20.0. The SMILES string of the molecule is C=C1C[C@@]23CC[C@@H]4[C@](C)(COC(C)=O)CCC[C@@]4(C)[C@@H]2CC[C@@H]1C3OC(C)=O. The summed E-state index contributed by atoms with van der Waals surface area (Å²) in [5, 5.41) is 0. The van der Waals surface area contributed by atoms with Gasteiger partial charge in [0.15, 0.2) is 0 Å². The molecular weight excluding hydrogens is 352 g/mol. The zero-order chi connectivity index (χ0) is 20.3. The van der Waals surface area contributed by atoms with Gasteiger partial charge in [0.2, 0.25) is 0 Å². The van der Waals surface area contributed by atoms with E-state index in [-0.39, 0.29) is 34.3 Å². The van der Waals surface area contributed by atoms with Crippen molar-refractivity contribution in [2.75, 3.05) is 6.61 Å². The van der Waals surface area contributed by atoms with Gasteiger partial charge in [-0.3, -0.25) is 9.59 Å². The van der Waals surface area contributed by atoms with Gasteiger partial charge in [-0.1, -0.05) is 32.4 Å². The molecule has 0 aliphatic heterocycles. The second-order valence-corrected chi connectivity index (χ2v) is 10.7. The Bertz CT molecular complexity index is 699. The number of rotatable bonds is 3. The molecule has 1 spiro atoms. The maximum atomic E-state index is 11.9. The van der Waals surface area contributed by atoms with E-state index in [9.17, 15) is 9.59 Å².